The van der Waals surface area contributed by atoms with Crippen molar-refractivity contribution in [3.05, 3.63) is 24.4 Å². The fourth-order valence-corrected chi connectivity index (χ4v) is 2.37. The summed E-state index contributed by atoms with van der Waals surface area (Å²) in [5, 5.41) is 3.00. The van der Waals surface area contributed by atoms with E-state index in [1.54, 1.807) is 6.20 Å². The van der Waals surface area contributed by atoms with Crippen LogP contribution in [-0.2, 0) is 4.74 Å². The van der Waals surface area contributed by atoms with E-state index in [9.17, 15) is 0 Å². The molecular formula is C15H24N4O. The van der Waals surface area contributed by atoms with Gasteiger partial charge in [0, 0.05) is 19.3 Å². The van der Waals surface area contributed by atoms with E-state index in [1.165, 1.54) is 0 Å². The first kappa shape index (κ1) is 14.8. The van der Waals surface area contributed by atoms with Gasteiger partial charge in [0.1, 0.15) is 5.82 Å². The van der Waals surface area contributed by atoms with Crippen LogP contribution in [-0.4, -0.2) is 30.2 Å². The number of rotatable bonds is 4. The monoisotopic (exact) mass is 276 g/mol. The van der Waals surface area contributed by atoms with E-state index < -0.39 is 0 Å². The highest BCUT2D eigenvalue weighted by Gasteiger charge is 2.24. The van der Waals surface area contributed by atoms with Crippen LogP contribution in [0.4, 0.5) is 5.82 Å². The minimum Gasteiger partial charge on any atom is -0.378 e. The minimum absolute atomic E-state index is 0.355. The molecule has 5 nitrogen and oxygen atoms in total. The third kappa shape index (κ3) is 4.49. The number of hydrogen-bond acceptors (Lipinski definition) is 3. The maximum absolute atomic E-state index is 5.88. The molecule has 0 saturated carbocycles. The lowest BCUT2D eigenvalue weighted by Gasteiger charge is -2.31. The molecule has 20 heavy (non-hydrogen) atoms. The lowest BCUT2D eigenvalue weighted by Crippen LogP contribution is -2.32. The quantitative estimate of drug-likeness (QED) is 0.653. The van der Waals surface area contributed by atoms with Crippen LogP contribution in [0, 0.1) is 11.8 Å². The van der Waals surface area contributed by atoms with Crippen LogP contribution in [0.1, 0.15) is 26.7 Å². The van der Waals surface area contributed by atoms with E-state index in [-0.39, 0.29) is 0 Å². The normalized spacial score (nSPS) is 23.9. The van der Waals surface area contributed by atoms with Crippen molar-refractivity contribution in [2.75, 3.05) is 18.5 Å². The molecule has 0 spiro atoms. The van der Waals surface area contributed by atoms with Crippen LogP contribution in [0.25, 0.3) is 0 Å². The Morgan fingerprint density at radius 3 is 3.10 bits per heavy atom. The molecular weight excluding hydrogens is 252 g/mol. The van der Waals surface area contributed by atoms with Gasteiger partial charge in [-0.3, -0.25) is 4.99 Å². The molecule has 0 bridgehead atoms. The second kappa shape index (κ2) is 7.24. The Kier molecular flexibility index (Phi) is 5.35. The lowest BCUT2D eigenvalue weighted by molar-refractivity contribution is -0.0320. The Bertz CT molecular complexity index is 433. The summed E-state index contributed by atoms with van der Waals surface area (Å²) in [6, 6.07) is 5.65. The Morgan fingerprint density at radius 1 is 1.55 bits per heavy atom. The SMILES string of the molecule is CC(C)C1CC(CN=C(N)Nc2ccccn2)CCO1. The summed E-state index contributed by atoms with van der Waals surface area (Å²) in [5.74, 6) is 2.27. The fourth-order valence-electron chi connectivity index (χ4n) is 2.37. The van der Waals surface area contributed by atoms with Gasteiger partial charge in [0.2, 0.25) is 0 Å². The number of nitrogens with one attached hydrogen (secondary N) is 1. The topological polar surface area (TPSA) is 72.5 Å². The predicted molar refractivity (Wildman–Crippen MR) is 81.7 cm³/mol. The smallest absolute Gasteiger partial charge is 0.194 e. The third-order valence-electron chi connectivity index (χ3n) is 3.61. The van der Waals surface area contributed by atoms with Gasteiger partial charge >= 0.3 is 0 Å². The number of aliphatic imine (C=N–C) groups is 1. The van der Waals surface area contributed by atoms with Gasteiger partial charge in [-0.25, -0.2) is 4.98 Å². The summed E-state index contributed by atoms with van der Waals surface area (Å²) < 4.78 is 5.77. The maximum Gasteiger partial charge on any atom is 0.194 e. The second-order valence-corrected chi connectivity index (χ2v) is 5.61. The van der Waals surface area contributed by atoms with Crippen molar-refractivity contribution < 1.29 is 4.74 Å². The number of nitrogens with zero attached hydrogens (tertiary/aromatic N) is 2. The van der Waals surface area contributed by atoms with Gasteiger partial charge < -0.3 is 15.8 Å². The summed E-state index contributed by atoms with van der Waals surface area (Å²) in [7, 11) is 0. The van der Waals surface area contributed by atoms with Crippen LogP contribution < -0.4 is 11.1 Å². The Hall–Kier alpha value is -1.62. The highest BCUT2D eigenvalue weighted by Crippen LogP contribution is 2.25. The molecule has 2 rings (SSSR count). The Balaban J connectivity index is 1.82. The minimum atomic E-state index is 0.355. The Labute approximate surface area is 120 Å². The molecule has 1 aromatic heterocycles. The summed E-state index contributed by atoms with van der Waals surface area (Å²) in [5.41, 5.74) is 5.88. The molecule has 0 amide bonds. The number of ether oxygens (including phenoxy) is 1. The highest BCUT2D eigenvalue weighted by molar-refractivity contribution is 5.91. The van der Waals surface area contributed by atoms with Crippen molar-refractivity contribution in [3.8, 4) is 0 Å². The molecule has 1 aliphatic rings. The van der Waals surface area contributed by atoms with Crippen LogP contribution in [0.5, 0.6) is 0 Å². The second-order valence-electron chi connectivity index (χ2n) is 5.61. The number of hydrogen-bond donors (Lipinski definition) is 2. The van der Waals surface area contributed by atoms with E-state index in [2.05, 4.69) is 29.1 Å². The van der Waals surface area contributed by atoms with Crippen LogP contribution in [0.3, 0.4) is 0 Å². The zero-order chi connectivity index (χ0) is 14.4. The predicted octanol–water partition coefficient (Wildman–Crippen LogP) is 2.26. The first-order chi connectivity index (χ1) is 9.65. The molecule has 3 N–H and O–H groups in total. The van der Waals surface area contributed by atoms with E-state index in [4.69, 9.17) is 10.5 Å². The molecule has 2 unspecified atom stereocenters. The van der Waals surface area contributed by atoms with Crippen LogP contribution in [0.15, 0.2) is 29.4 Å². The summed E-state index contributed by atoms with van der Waals surface area (Å²) in [4.78, 5) is 8.58. The van der Waals surface area contributed by atoms with Crippen LogP contribution in [0.2, 0.25) is 0 Å². The van der Waals surface area contributed by atoms with Gasteiger partial charge in [-0.1, -0.05) is 19.9 Å². The Morgan fingerprint density at radius 2 is 2.40 bits per heavy atom. The lowest BCUT2D eigenvalue weighted by atomic mass is 9.90. The van der Waals surface area contributed by atoms with Gasteiger partial charge in [0.15, 0.2) is 5.96 Å². The number of guanidine groups is 1. The molecule has 110 valence electrons. The first-order valence-electron chi connectivity index (χ1n) is 7.24. The molecule has 0 radical (unpaired) electrons. The summed E-state index contributed by atoms with van der Waals surface area (Å²) >= 11 is 0. The molecule has 5 heteroatoms. The van der Waals surface area contributed by atoms with Gasteiger partial charge in [0.25, 0.3) is 0 Å². The van der Waals surface area contributed by atoms with Crippen molar-refractivity contribution in [1.82, 2.24) is 4.98 Å². The number of aromatic nitrogens is 1. The molecule has 2 heterocycles. The van der Waals surface area contributed by atoms with Gasteiger partial charge in [0.05, 0.1) is 6.10 Å². The largest absolute Gasteiger partial charge is 0.378 e. The molecule has 0 aliphatic carbocycles. The third-order valence-corrected chi connectivity index (χ3v) is 3.61. The van der Waals surface area contributed by atoms with Crippen molar-refractivity contribution >= 4 is 11.8 Å². The highest BCUT2D eigenvalue weighted by atomic mass is 16.5. The maximum atomic E-state index is 5.88. The van der Waals surface area contributed by atoms with E-state index in [0.29, 0.717) is 23.9 Å². The number of nitrogens with two attached hydrogens (primary N) is 1. The van der Waals surface area contributed by atoms with E-state index in [1.807, 2.05) is 18.2 Å². The molecule has 0 aromatic carbocycles. The summed E-state index contributed by atoms with van der Waals surface area (Å²) in [6.45, 7) is 5.98. The van der Waals surface area contributed by atoms with Gasteiger partial charge in [-0.15, -0.1) is 0 Å². The summed E-state index contributed by atoms with van der Waals surface area (Å²) in [6.07, 6.45) is 4.21. The number of anilines is 1. The zero-order valence-corrected chi connectivity index (χ0v) is 12.2. The average Bonchev–Trinajstić information content (AvgIpc) is 2.46. The molecule has 1 aliphatic heterocycles. The van der Waals surface area contributed by atoms with Gasteiger partial charge in [-0.05, 0) is 36.8 Å². The zero-order valence-electron chi connectivity index (χ0n) is 12.2. The van der Waals surface area contributed by atoms with Crippen molar-refractivity contribution in [1.29, 1.82) is 0 Å². The van der Waals surface area contributed by atoms with E-state index >= 15 is 0 Å². The standard InChI is InChI=1S/C15H24N4O/c1-11(2)13-9-12(6-8-20-13)10-18-15(16)19-14-5-3-4-7-17-14/h3-5,7,11-13H,6,8-10H2,1-2H3,(H3,16,17,18,19). The molecule has 2 atom stereocenters. The van der Waals surface area contributed by atoms with Crippen molar-refractivity contribution in [2.45, 2.75) is 32.8 Å². The molecule has 1 aromatic rings. The first-order valence-corrected chi connectivity index (χ1v) is 7.24. The molecule has 1 saturated heterocycles. The fraction of sp³-hybridized carbons (Fsp3) is 0.600. The average molecular weight is 276 g/mol. The van der Waals surface area contributed by atoms with Crippen molar-refractivity contribution in [2.24, 2.45) is 22.6 Å². The van der Waals surface area contributed by atoms with Gasteiger partial charge in [-0.2, -0.15) is 0 Å². The number of pyridine rings is 1. The van der Waals surface area contributed by atoms with Crippen LogP contribution >= 0.6 is 0 Å². The molecule has 1 fully saturated rings. The van der Waals surface area contributed by atoms with E-state index in [0.717, 1.165) is 31.8 Å². The van der Waals surface area contributed by atoms with Crippen molar-refractivity contribution in [3.63, 3.8) is 0 Å².